The maximum atomic E-state index is 2.55. The molecule has 0 fully saturated rings. The summed E-state index contributed by atoms with van der Waals surface area (Å²) in [4.78, 5) is 2.55. The van der Waals surface area contributed by atoms with Crippen LogP contribution in [0.15, 0.2) is 188 Å². The molecule has 246 valence electrons. The summed E-state index contributed by atoms with van der Waals surface area (Å²) in [6.07, 6.45) is 0.900. The Labute approximate surface area is 308 Å². The summed E-state index contributed by atoms with van der Waals surface area (Å²) in [6.45, 7) is 0. The van der Waals surface area contributed by atoms with Gasteiger partial charge < -0.3 is 4.90 Å². The average Bonchev–Trinajstić information content (AvgIpc) is 3.20. The summed E-state index contributed by atoms with van der Waals surface area (Å²) in [5.74, 6) is 0. The lowest BCUT2D eigenvalue weighted by Gasteiger charge is -2.49. The van der Waals surface area contributed by atoms with Crippen LogP contribution in [0.5, 0.6) is 0 Å². The summed E-state index contributed by atoms with van der Waals surface area (Å²) in [5, 5.41) is 12.9. The molecule has 0 aromatic heterocycles. The fraction of sp³-hybridized carbons (Fsp3) is 0.0385. The van der Waals surface area contributed by atoms with Crippen LogP contribution in [0.25, 0.3) is 53.9 Å². The molecule has 1 spiro atoms. The molecule has 0 saturated heterocycles. The molecule has 0 atom stereocenters. The zero-order valence-corrected chi connectivity index (χ0v) is 29.1. The van der Waals surface area contributed by atoms with Crippen LogP contribution < -0.4 is 4.90 Å². The Balaban J connectivity index is 1.28. The molecular weight excluding hydrogens is 639 g/mol. The predicted molar refractivity (Wildman–Crippen MR) is 223 cm³/mol. The highest BCUT2D eigenvalue weighted by molar-refractivity contribution is 6.12. The molecule has 0 N–H and O–H groups in total. The van der Waals surface area contributed by atoms with Crippen LogP contribution in [-0.4, -0.2) is 0 Å². The van der Waals surface area contributed by atoms with Crippen molar-refractivity contribution >= 4 is 70.9 Å². The van der Waals surface area contributed by atoms with E-state index in [1.54, 1.807) is 0 Å². The van der Waals surface area contributed by atoms with Gasteiger partial charge in [0.1, 0.15) is 0 Å². The molecule has 0 radical (unpaired) electrons. The van der Waals surface area contributed by atoms with E-state index in [0.29, 0.717) is 0 Å². The molecular formula is C52H33N. The molecule has 10 aromatic carbocycles. The highest BCUT2D eigenvalue weighted by atomic mass is 15.1. The molecule has 0 heterocycles. The van der Waals surface area contributed by atoms with Crippen LogP contribution in [0.2, 0.25) is 0 Å². The Hall–Kier alpha value is -6.70. The molecule has 12 rings (SSSR count). The number of hydrogen-bond acceptors (Lipinski definition) is 1. The van der Waals surface area contributed by atoms with Crippen LogP contribution in [0, 0.1) is 0 Å². The minimum atomic E-state index is -0.517. The maximum absolute atomic E-state index is 2.55. The van der Waals surface area contributed by atoms with Gasteiger partial charge in [-0.05, 0) is 107 Å². The third kappa shape index (κ3) is 3.81. The normalized spacial score (nSPS) is 13.7. The van der Waals surface area contributed by atoms with Gasteiger partial charge in [0.25, 0.3) is 0 Å². The molecule has 2 aliphatic carbocycles. The Kier molecular flexibility index (Phi) is 5.82. The second-order valence-electron chi connectivity index (χ2n) is 14.8. The van der Waals surface area contributed by atoms with E-state index in [-0.39, 0.29) is 0 Å². The van der Waals surface area contributed by atoms with E-state index in [2.05, 4.69) is 193 Å². The lowest BCUT2D eigenvalue weighted by atomic mass is 9.53. The van der Waals surface area contributed by atoms with Crippen molar-refractivity contribution in [3.63, 3.8) is 0 Å². The SMILES string of the molecule is c1ccc2cc(N(c3ccc4cccc5c4c3C53c4cccc5cccc(c45)Cc4cccc5cccc3c45)c3cccc4ccccc34)ccc2c1. The van der Waals surface area contributed by atoms with Gasteiger partial charge in [-0.15, -0.1) is 0 Å². The first-order valence-electron chi connectivity index (χ1n) is 18.6. The first-order valence-corrected chi connectivity index (χ1v) is 18.6. The first-order chi connectivity index (χ1) is 26.3. The van der Waals surface area contributed by atoms with E-state index in [1.165, 1.54) is 98.6 Å². The Morgan fingerprint density at radius 1 is 0.358 bits per heavy atom. The first kappa shape index (κ1) is 28.9. The number of fused-ring (bicyclic) bond motifs is 6. The molecule has 0 bridgehead atoms. The molecule has 0 amide bonds. The van der Waals surface area contributed by atoms with Gasteiger partial charge >= 0.3 is 0 Å². The summed E-state index contributed by atoms with van der Waals surface area (Å²) in [7, 11) is 0. The van der Waals surface area contributed by atoms with Gasteiger partial charge in [0.05, 0.1) is 16.8 Å². The van der Waals surface area contributed by atoms with E-state index in [4.69, 9.17) is 0 Å². The average molecular weight is 672 g/mol. The maximum Gasteiger partial charge on any atom is 0.0746 e. The lowest BCUT2D eigenvalue weighted by molar-refractivity contribution is 0.734. The topological polar surface area (TPSA) is 3.24 Å². The molecule has 0 aliphatic heterocycles. The van der Waals surface area contributed by atoms with E-state index in [1.807, 2.05) is 0 Å². The summed E-state index contributed by atoms with van der Waals surface area (Å²) in [5.41, 5.74) is 11.3. The number of anilines is 3. The van der Waals surface area contributed by atoms with E-state index in [0.717, 1.165) is 12.1 Å². The molecule has 2 aliphatic rings. The van der Waals surface area contributed by atoms with Crippen molar-refractivity contribution in [1.82, 2.24) is 0 Å². The zero-order chi connectivity index (χ0) is 34.7. The number of hydrogen-bond donors (Lipinski definition) is 0. The van der Waals surface area contributed by atoms with Gasteiger partial charge in [-0.1, -0.05) is 164 Å². The molecule has 1 nitrogen and oxygen atoms in total. The van der Waals surface area contributed by atoms with Gasteiger partial charge in [0, 0.05) is 16.6 Å². The summed E-state index contributed by atoms with van der Waals surface area (Å²) >= 11 is 0. The fourth-order valence-corrected chi connectivity index (χ4v) is 10.1. The third-order valence-electron chi connectivity index (χ3n) is 12.2. The van der Waals surface area contributed by atoms with Crippen molar-refractivity contribution in [1.29, 1.82) is 0 Å². The number of benzene rings is 10. The second kappa shape index (κ2) is 10.7. The largest absolute Gasteiger partial charge is 0.309 e. The highest BCUT2D eigenvalue weighted by Gasteiger charge is 2.52. The van der Waals surface area contributed by atoms with Crippen molar-refractivity contribution in [2.45, 2.75) is 11.8 Å². The van der Waals surface area contributed by atoms with Crippen molar-refractivity contribution in [3.8, 4) is 0 Å². The van der Waals surface area contributed by atoms with Crippen molar-refractivity contribution in [2.24, 2.45) is 0 Å². The van der Waals surface area contributed by atoms with Gasteiger partial charge in [-0.3, -0.25) is 0 Å². The van der Waals surface area contributed by atoms with Crippen LogP contribution in [0.3, 0.4) is 0 Å². The van der Waals surface area contributed by atoms with Crippen LogP contribution >= 0.6 is 0 Å². The minimum Gasteiger partial charge on any atom is -0.309 e. The summed E-state index contributed by atoms with van der Waals surface area (Å²) in [6, 6.07) is 70.7. The standard InChI is InChI=1S/C52H33N/c1-2-13-38-32-41(29-27-33(38)11-1)53(46-26-10-14-34-12-3-4-22-42(34)46)47-30-28-37-19-9-25-45-50(37)51(47)52(45)43-23-7-17-35-15-5-20-39(48(35)43)31-40-21-6-16-36-18-8-24-44(52)49(36)40/h1-30,32H,31H2. The van der Waals surface area contributed by atoms with E-state index >= 15 is 0 Å². The number of nitrogens with zero attached hydrogens (tertiary/aromatic N) is 1. The molecule has 53 heavy (non-hydrogen) atoms. The summed E-state index contributed by atoms with van der Waals surface area (Å²) < 4.78 is 0. The zero-order valence-electron chi connectivity index (χ0n) is 29.1. The Morgan fingerprint density at radius 2 is 0.868 bits per heavy atom. The van der Waals surface area contributed by atoms with Crippen molar-refractivity contribution in [2.75, 3.05) is 4.90 Å². The molecule has 0 unspecified atom stereocenters. The minimum absolute atomic E-state index is 0.517. The van der Waals surface area contributed by atoms with Gasteiger partial charge in [0.2, 0.25) is 0 Å². The number of rotatable bonds is 3. The van der Waals surface area contributed by atoms with Crippen LogP contribution in [-0.2, 0) is 11.8 Å². The van der Waals surface area contributed by atoms with Crippen LogP contribution in [0.1, 0.15) is 33.4 Å². The van der Waals surface area contributed by atoms with Crippen molar-refractivity contribution in [3.05, 3.63) is 221 Å². The monoisotopic (exact) mass is 671 g/mol. The van der Waals surface area contributed by atoms with Crippen LogP contribution in [0.4, 0.5) is 17.1 Å². The molecule has 0 saturated carbocycles. The second-order valence-corrected chi connectivity index (χ2v) is 14.8. The van der Waals surface area contributed by atoms with Gasteiger partial charge in [0.15, 0.2) is 0 Å². The molecule has 10 aromatic rings. The molecule has 1 heteroatoms. The Morgan fingerprint density at radius 3 is 1.57 bits per heavy atom. The van der Waals surface area contributed by atoms with E-state index < -0.39 is 5.41 Å². The Bertz CT molecular complexity index is 3070. The third-order valence-corrected chi connectivity index (χ3v) is 12.2. The van der Waals surface area contributed by atoms with Gasteiger partial charge in [-0.25, -0.2) is 0 Å². The van der Waals surface area contributed by atoms with Crippen molar-refractivity contribution < 1.29 is 0 Å². The smallest absolute Gasteiger partial charge is 0.0746 e. The van der Waals surface area contributed by atoms with E-state index in [9.17, 15) is 0 Å². The predicted octanol–water partition coefficient (Wildman–Crippen LogP) is 13.5. The lowest BCUT2D eigenvalue weighted by Crippen LogP contribution is -2.40. The van der Waals surface area contributed by atoms with Gasteiger partial charge in [-0.2, -0.15) is 0 Å². The quantitative estimate of drug-likeness (QED) is 0.181. The fourth-order valence-electron chi connectivity index (χ4n) is 10.1. The highest BCUT2D eigenvalue weighted by Crippen LogP contribution is 2.64.